The molecule has 3 amide bonds. The summed E-state index contributed by atoms with van der Waals surface area (Å²) < 4.78 is 0. The monoisotopic (exact) mass is 513 g/mol. The van der Waals surface area contributed by atoms with Gasteiger partial charge in [-0.05, 0) is 67.4 Å². The van der Waals surface area contributed by atoms with Gasteiger partial charge in [0.1, 0.15) is 10.7 Å². The van der Waals surface area contributed by atoms with Crippen molar-refractivity contribution in [3.05, 3.63) is 98.1 Å². The summed E-state index contributed by atoms with van der Waals surface area (Å²) in [4.78, 5) is 39.4. The van der Waals surface area contributed by atoms with E-state index in [1.807, 2.05) is 26.0 Å². The molecule has 1 heterocycles. The van der Waals surface area contributed by atoms with E-state index in [0.717, 1.165) is 16.0 Å². The first-order valence-corrected chi connectivity index (χ1v) is 11.3. The maximum atomic E-state index is 13.0. The number of carbonyl (C=O) groups excluding carboxylic acids is 3. The number of imide groups is 1. The highest BCUT2D eigenvalue weighted by Gasteiger charge is 2.39. The molecule has 0 radical (unpaired) electrons. The third-order valence-electron chi connectivity index (χ3n) is 5.25. The summed E-state index contributed by atoms with van der Waals surface area (Å²) >= 11 is 18.3. The fourth-order valence-electron chi connectivity index (χ4n) is 3.43. The zero-order valence-corrected chi connectivity index (χ0v) is 20.3. The predicted molar refractivity (Wildman–Crippen MR) is 136 cm³/mol. The molecule has 34 heavy (non-hydrogen) atoms. The summed E-state index contributed by atoms with van der Waals surface area (Å²) in [7, 11) is 0. The number of anilines is 3. The van der Waals surface area contributed by atoms with Crippen molar-refractivity contribution in [3.63, 3.8) is 0 Å². The van der Waals surface area contributed by atoms with E-state index in [1.165, 1.54) is 0 Å². The van der Waals surface area contributed by atoms with Crippen LogP contribution in [0.4, 0.5) is 17.1 Å². The van der Waals surface area contributed by atoms with Gasteiger partial charge >= 0.3 is 0 Å². The normalized spacial score (nSPS) is 13.5. The van der Waals surface area contributed by atoms with Crippen molar-refractivity contribution in [1.82, 2.24) is 0 Å². The average molecular weight is 515 g/mol. The van der Waals surface area contributed by atoms with Gasteiger partial charge in [0.2, 0.25) is 0 Å². The lowest BCUT2D eigenvalue weighted by molar-refractivity contribution is -0.120. The van der Waals surface area contributed by atoms with Crippen LogP contribution in [-0.2, 0) is 9.59 Å². The molecule has 1 aliphatic rings. The van der Waals surface area contributed by atoms with E-state index in [2.05, 4.69) is 10.6 Å². The van der Waals surface area contributed by atoms with Gasteiger partial charge in [0.25, 0.3) is 17.7 Å². The van der Waals surface area contributed by atoms with Gasteiger partial charge in [0.05, 0.1) is 21.4 Å². The Hall–Kier alpha value is -3.32. The molecule has 3 aromatic carbocycles. The number of rotatable bonds is 5. The summed E-state index contributed by atoms with van der Waals surface area (Å²) in [6, 6.07) is 16.8. The molecule has 0 saturated heterocycles. The number of nitrogens with one attached hydrogen (secondary N) is 2. The maximum Gasteiger partial charge on any atom is 0.283 e. The largest absolute Gasteiger partial charge is 0.350 e. The Labute approximate surface area is 211 Å². The van der Waals surface area contributed by atoms with Gasteiger partial charge in [-0.2, -0.15) is 0 Å². The van der Waals surface area contributed by atoms with Gasteiger partial charge < -0.3 is 10.6 Å². The van der Waals surface area contributed by atoms with Crippen LogP contribution < -0.4 is 15.5 Å². The minimum atomic E-state index is -0.600. The molecule has 0 atom stereocenters. The van der Waals surface area contributed by atoms with Crippen LogP contribution in [0.2, 0.25) is 10.0 Å². The van der Waals surface area contributed by atoms with Gasteiger partial charge in [-0.3, -0.25) is 14.4 Å². The zero-order chi connectivity index (χ0) is 24.6. The molecule has 0 aromatic heterocycles. The van der Waals surface area contributed by atoms with Crippen LogP contribution in [0.1, 0.15) is 21.5 Å². The van der Waals surface area contributed by atoms with E-state index < -0.39 is 11.8 Å². The number of hydrogen-bond acceptors (Lipinski definition) is 4. The first-order valence-electron chi connectivity index (χ1n) is 10.2. The molecule has 0 spiro atoms. The van der Waals surface area contributed by atoms with Crippen LogP contribution in [0, 0.1) is 13.8 Å². The topological polar surface area (TPSA) is 78.5 Å². The molecule has 0 aliphatic carbocycles. The number of carbonyl (C=O) groups is 3. The number of benzene rings is 3. The lowest BCUT2D eigenvalue weighted by Crippen LogP contribution is -2.32. The fourth-order valence-corrected chi connectivity index (χ4v) is 3.99. The molecule has 0 bridgehead atoms. The molecule has 4 rings (SSSR count). The molecule has 9 heteroatoms. The summed E-state index contributed by atoms with van der Waals surface area (Å²) in [5.74, 6) is -1.54. The Kier molecular flexibility index (Phi) is 6.66. The van der Waals surface area contributed by atoms with Crippen LogP contribution in [0.25, 0.3) is 0 Å². The Morgan fingerprint density at radius 3 is 2.29 bits per heavy atom. The second-order valence-electron chi connectivity index (χ2n) is 7.68. The van der Waals surface area contributed by atoms with Crippen molar-refractivity contribution >= 4 is 69.6 Å². The lowest BCUT2D eigenvalue weighted by atomic mass is 10.1. The smallest absolute Gasteiger partial charge is 0.283 e. The molecule has 0 saturated carbocycles. The molecular weight excluding hydrogens is 497 g/mol. The van der Waals surface area contributed by atoms with E-state index in [1.54, 1.807) is 48.5 Å². The number of aryl methyl sites for hydroxylation is 2. The van der Waals surface area contributed by atoms with Crippen molar-refractivity contribution in [2.24, 2.45) is 0 Å². The van der Waals surface area contributed by atoms with Gasteiger partial charge in [-0.15, -0.1) is 0 Å². The number of hydrogen-bond donors (Lipinski definition) is 2. The van der Waals surface area contributed by atoms with Crippen LogP contribution in [0.3, 0.4) is 0 Å². The minimum absolute atomic E-state index is 0.0320. The summed E-state index contributed by atoms with van der Waals surface area (Å²) in [5.41, 5.74) is 3.36. The number of amides is 3. The van der Waals surface area contributed by atoms with Gasteiger partial charge in [0.15, 0.2) is 0 Å². The van der Waals surface area contributed by atoms with E-state index in [-0.39, 0.29) is 21.7 Å². The Bertz CT molecular complexity index is 1370. The second kappa shape index (κ2) is 9.50. The van der Waals surface area contributed by atoms with Crippen LogP contribution >= 0.6 is 34.8 Å². The highest BCUT2D eigenvalue weighted by molar-refractivity contribution is 6.53. The molecule has 1 aliphatic heterocycles. The number of halogens is 3. The molecule has 0 fully saturated rings. The molecule has 2 N–H and O–H groups in total. The fraction of sp³-hybridized carbons (Fsp3) is 0.0800. The SMILES string of the molecule is Cc1ccc(C)c(N2C(=O)C(Cl)=C(Nc3ccc(C(=O)Nc4cccc(Cl)c4Cl)cc3)C2=O)c1. The third kappa shape index (κ3) is 4.53. The third-order valence-corrected chi connectivity index (χ3v) is 6.42. The molecular formula is C25H18Cl3N3O3. The zero-order valence-electron chi connectivity index (χ0n) is 18.1. The lowest BCUT2D eigenvalue weighted by Gasteiger charge is -2.18. The van der Waals surface area contributed by atoms with Crippen molar-refractivity contribution < 1.29 is 14.4 Å². The van der Waals surface area contributed by atoms with Crippen LogP contribution in [0.5, 0.6) is 0 Å². The van der Waals surface area contributed by atoms with Crippen molar-refractivity contribution in [1.29, 1.82) is 0 Å². The minimum Gasteiger partial charge on any atom is -0.350 e. The van der Waals surface area contributed by atoms with Gasteiger partial charge in [-0.25, -0.2) is 4.90 Å². The first-order chi connectivity index (χ1) is 16.2. The van der Waals surface area contributed by atoms with Crippen LogP contribution in [0.15, 0.2) is 71.4 Å². The van der Waals surface area contributed by atoms with Crippen molar-refractivity contribution in [2.45, 2.75) is 13.8 Å². The highest BCUT2D eigenvalue weighted by Crippen LogP contribution is 2.33. The molecule has 6 nitrogen and oxygen atoms in total. The maximum absolute atomic E-state index is 13.0. The van der Waals surface area contributed by atoms with Crippen LogP contribution in [-0.4, -0.2) is 17.7 Å². The van der Waals surface area contributed by atoms with E-state index in [0.29, 0.717) is 27.6 Å². The summed E-state index contributed by atoms with van der Waals surface area (Å²) in [6.07, 6.45) is 0. The molecule has 3 aromatic rings. The predicted octanol–water partition coefficient (Wildman–Crippen LogP) is 6.30. The summed E-state index contributed by atoms with van der Waals surface area (Å²) in [6.45, 7) is 3.69. The molecule has 172 valence electrons. The van der Waals surface area contributed by atoms with E-state index in [9.17, 15) is 14.4 Å². The highest BCUT2D eigenvalue weighted by atomic mass is 35.5. The van der Waals surface area contributed by atoms with Crippen molar-refractivity contribution in [2.75, 3.05) is 15.5 Å². The van der Waals surface area contributed by atoms with E-state index >= 15 is 0 Å². The number of nitrogens with zero attached hydrogens (tertiary/aromatic N) is 1. The molecule has 0 unspecified atom stereocenters. The second-order valence-corrected chi connectivity index (χ2v) is 8.85. The van der Waals surface area contributed by atoms with Gasteiger partial charge in [-0.1, -0.05) is 53.0 Å². The Balaban J connectivity index is 1.51. The average Bonchev–Trinajstić information content (AvgIpc) is 3.02. The quantitative estimate of drug-likeness (QED) is 0.392. The van der Waals surface area contributed by atoms with Gasteiger partial charge in [0, 0.05) is 11.3 Å². The van der Waals surface area contributed by atoms with Crippen molar-refractivity contribution in [3.8, 4) is 0 Å². The first kappa shape index (κ1) is 23.8. The Morgan fingerprint density at radius 2 is 1.59 bits per heavy atom. The Morgan fingerprint density at radius 1 is 0.882 bits per heavy atom. The van der Waals surface area contributed by atoms with E-state index in [4.69, 9.17) is 34.8 Å². The standard InChI is InChI=1S/C25H18Cl3N3O3/c1-13-6-7-14(2)19(12-13)31-24(33)21(28)22(25(31)34)29-16-10-8-15(9-11-16)23(32)30-18-5-3-4-17(26)20(18)27/h3-12,29H,1-2H3,(H,30,32). The summed E-state index contributed by atoms with van der Waals surface area (Å²) in [5, 5.41) is 5.97.